The molecule has 0 bridgehead atoms. The Morgan fingerprint density at radius 2 is 1.63 bits per heavy atom. The lowest BCUT2D eigenvalue weighted by molar-refractivity contribution is -0.138. The minimum Gasteiger partial charge on any atom is -0.372 e. The highest BCUT2D eigenvalue weighted by Gasteiger charge is 2.30. The highest BCUT2D eigenvalue weighted by molar-refractivity contribution is 6.42. The first kappa shape index (κ1) is 13.7. The number of nitrogens with zero attached hydrogens (tertiary/aromatic N) is 1. The molecule has 2 rings (SSSR count). The van der Waals surface area contributed by atoms with Gasteiger partial charge in [0.25, 0.3) is 5.91 Å². The van der Waals surface area contributed by atoms with Gasteiger partial charge in [-0.2, -0.15) is 0 Å². The molecule has 1 aliphatic rings. The summed E-state index contributed by atoms with van der Waals surface area (Å²) < 4.78 is 5.56. The average Bonchev–Trinajstić information content (AvgIpc) is 2.37. The standard InChI is InChI=1S/C15H19NO3/c1-10-4-6-13(7-5-10)14(17)15(18)16-8-11(2)19-12(3)9-16/h4-7,11-12H,8-9H2,1-3H3/t11-,12-/m1/s1. The van der Waals surface area contributed by atoms with Gasteiger partial charge in [-0.3, -0.25) is 9.59 Å². The number of ketones is 1. The van der Waals surface area contributed by atoms with E-state index in [2.05, 4.69) is 0 Å². The Kier molecular flexibility index (Phi) is 4.00. The lowest BCUT2D eigenvalue weighted by Gasteiger charge is -2.34. The third kappa shape index (κ3) is 3.20. The Morgan fingerprint density at radius 1 is 1.11 bits per heavy atom. The molecule has 1 amide bonds. The minimum absolute atomic E-state index is 0.0292. The van der Waals surface area contributed by atoms with E-state index < -0.39 is 11.7 Å². The summed E-state index contributed by atoms with van der Waals surface area (Å²) in [5.74, 6) is -0.882. The number of hydrogen-bond acceptors (Lipinski definition) is 3. The molecular weight excluding hydrogens is 242 g/mol. The molecule has 2 atom stereocenters. The van der Waals surface area contributed by atoms with Crippen LogP contribution in [0.1, 0.15) is 29.8 Å². The van der Waals surface area contributed by atoms with Crippen molar-refractivity contribution in [1.82, 2.24) is 4.90 Å². The molecule has 0 spiro atoms. The normalized spacial score (nSPS) is 23.2. The smallest absolute Gasteiger partial charge is 0.295 e. The third-order valence-electron chi connectivity index (χ3n) is 3.21. The minimum atomic E-state index is -0.443. The highest BCUT2D eigenvalue weighted by Crippen LogP contribution is 2.13. The van der Waals surface area contributed by atoms with Crippen LogP contribution in [-0.4, -0.2) is 41.9 Å². The van der Waals surface area contributed by atoms with Crippen LogP contribution >= 0.6 is 0 Å². The molecule has 1 fully saturated rings. The molecule has 0 unspecified atom stereocenters. The predicted octanol–water partition coefficient (Wildman–Crippen LogP) is 1.81. The number of rotatable bonds is 2. The number of aryl methyl sites for hydroxylation is 1. The molecule has 1 aromatic rings. The van der Waals surface area contributed by atoms with Gasteiger partial charge in [0, 0.05) is 18.7 Å². The van der Waals surface area contributed by atoms with Crippen LogP contribution in [-0.2, 0) is 9.53 Å². The van der Waals surface area contributed by atoms with Crippen LogP contribution in [0.25, 0.3) is 0 Å². The molecule has 19 heavy (non-hydrogen) atoms. The summed E-state index contributed by atoms with van der Waals surface area (Å²) in [5, 5.41) is 0. The summed E-state index contributed by atoms with van der Waals surface area (Å²) in [5.41, 5.74) is 1.51. The molecule has 1 heterocycles. The molecule has 1 saturated heterocycles. The summed E-state index contributed by atoms with van der Waals surface area (Å²) in [4.78, 5) is 25.9. The largest absolute Gasteiger partial charge is 0.372 e. The van der Waals surface area contributed by atoms with E-state index in [0.717, 1.165) is 5.56 Å². The third-order valence-corrected chi connectivity index (χ3v) is 3.21. The summed E-state index contributed by atoms with van der Waals surface area (Å²) >= 11 is 0. The van der Waals surface area contributed by atoms with Gasteiger partial charge in [0.15, 0.2) is 0 Å². The van der Waals surface area contributed by atoms with E-state index in [-0.39, 0.29) is 12.2 Å². The van der Waals surface area contributed by atoms with Crippen molar-refractivity contribution in [1.29, 1.82) is 0 Å². The molecular formula is C15H19NO3. The fourth-order valence-electron chi connectivity index (χ4n) is 2.32. The fourth-order valence-corrected chi connectivity index (χ4v) is 2.32. The first-order valence-corrected chi connectivity index (χ1v) is 6.53. The van der Waals surface area contributed by atoms with Crippen molar-refractivity contribution in [2.24, 2.45) is 0 Å². The Balaban J connectivity index is 2.10. The number of benzene rings is 1. The number of Topliss-reactive ketones (excluding diaryl/α,β-unsaturated/α-hetero) is 1. The highest BCUT2D eigenvalue weighted by atomic mass is 16.5. The van der Waals surface area contributed by atoms with Gasteiger partial charge in [-0.25, -0.2) is 0 Å². The maximum Gasteiger partial charge on any atom is 0.295 e. The van der Waals surface area contributed by atoms with Crippen molar-refractivity contribution in [3.63, 3.8) is 0 Å². The molecule has 4 nitrogen and oxygen atoms in total. The van der Waals surface area contributed by atoms with Crippen molar-refractivity contribution in [3.8, 4) is 0 Å². The van der Waals surface area contributed by atoms with Gasteiger partial charge in [-0.05, 0) is 20.8 Å². The number of carbonyl (C=O) groups excluding carboxylic acids is 2. The molecule has 102 valence electrons. The van der Waals surface area contributed by atoms with Crippen molar-refractivity contribution >= 4 is 11.7 Å². The Morgan fingerprint density at radius 3 is 2.16 bits per heavy atom. The monoisotopic (exact) mass is 261 g/mol. The van der Waals surface area contributed by atoms with E-state index in [1.807, 2.05) is 32.9 Å². The van der Waals surface area contributed by atoms with Crippen LogP contribution < -0.4 is 0 Å². The van der Waals surface area contributed by atoms with Gasteiger partial charge in [0.05, 0.1) is 12.2 Å². The topological polar surface area (TPSA) is 46.6 Å². The van der Waals surface area contributed by atoms with E-state index >= 15 is 0 Å². The van der Waals surface area contributed by atoms with Gasteiger partial charge in [0.1, 0.15) is 0 Å². The van der Waals surface area contributed by atoms with E-state index in [9.17, 15) is 9.59 Å². The summed E-state index contributed by atoms with van der Waals surface area (Å²) in [6.45, 7) is 6.71. The SMILES string of the molecule is Cc1ccc(C(=O)C(=O)N2C[C@@H](C)O[C@H](C)C2)cc1. The van der Waals surface area contributed by atoms with Gasteiger partial charge in [-0.15, -0.1) is 0 Å². The summed E-state index contributed by atoms with van der Waals surface area (Å²) in [6.07, 6.45) is -0.0583. The van der Waals surface area contributed by atoms with Crippen LogP contribution in [0, 0.1) is 6.92 Å². The van der Waals surface area contributed by atoms with Gasteiger partial charge in [-0.1, -0.05) is 29.8 Å². The Labute approximate surface area is 113 Å². The number of morpholine rings is 1. The summed E-state index contributed by atoms with van der Waals surface area (Å²) in [6, 6.07) is 7.07. The van der Waals surface area contributed by atoms with E-state index in [4.69, 9.17) is 4.74 Å². The van der Waals surface area contributed by atoms with Crippen molar-refractivity contribution < 1.29 is 14.3 Å². The quantitative estimate of drug-likeness (QED) is 0.602. The molecule has 0 aliphatic carbocycles. The van der Waals surface area contributed by atoms with Crippen molar-refractivity contribution in [3.05, 3.63) is 35.4 Å². The molecule has 1 aliphatic heterocycles. The molecule has 0 saturated carbocycles. The van der Waals surface area contributed by atoms with Crippen LogP contribution in [0.3, 0.4) is 0 Å². The second kappa shape index (κ2) is 5.53. The Bertz CT molecular complexity index is 471. The fraction of sp³-hybridized carbons (Fsp3) is 0.467. The molecule has 0 N–H and O–H groups in total. The van der Waals surface area contributed by atoms with E-state index in [1.54, 1.807) is 17.0 Å². The zero-order valence-corrected chi connectivity index (χ0v) is 11.6. The maximum atomic E-state index is 12.2. The van der Waals surface area contributed by atoms with Gasteiger partial charge < -0.3 is 9.64 Å². The molecule has 1 aromatic carbocycles. The second-order valence-corrected chi connectivity index (χ2v) is 5.16. The van der Waals surface area contributed by atoms with Crippen molar-refractivity contribution in [2.75, 3.05) is 13.1 Å². The second-order valence-electron chi connectivity index (χ2n) is 5.16. The zero-order valence-electron chi connectivity index (χ0n) is 11.6. The van der Waals surface area contributed by atoms with Gasteiger partial charge >= 0.3 is 0 Å². The maximum absolute atomic E-state index is 12.2. The van der Waals surface area contributed by atoms with E-state index in [0.29, 0.717) is 18.7 Å². The average molecular weight is 261 g/mol. The summed E-state index contributed by atoms with van der Waals surface area (Å²) in [7, 11) is 0. The van der Waals surface area contributed by atoms with Crippen LogP contribution in [0.5, 0.6) is 0 Å². The number of ether oxygens (including phenoxy) is 1. The predicted molar refractivity (Wildman–Crippen MR) is 72.1 cm³/mol. The van der Waals surface area contributed by atoms with Crippen LogP contribution in [0.2, 0.25) is 0 Å². The van der Waals surface area contributed by atoms with Crippen molar-refractivity contribution in [2.45, 2.75) is 33.0 Å². The molecule has 0 aromatic heterocycles. The lowest BCUT2D eigenvalue weighted by atomic mass is 10.1. The number of carbonyl (C=O) groups is 2. The van der Waals surface area contributed by atoms with Crippen LogP contribution in [0.15, 0.2) is 24.3 Å². The number of amides is 1. The first-order chi connectivity index (χ1) is 8.97. The number of hydrogen-bond donors (Lipinski definition) is 0. The Hall–Kier alpha value is -1.68. The molecule has 4 heteroatoms. The van der Waals surface area contributed by atoms with E-state index in [1.165, 1.54) is 0 Å². The zero-order chi connectivity index (χ0) is 14.0. The first-order valence-electron chi connectivity index (χ1n) is 6.53. The lowest BCUT2D eigenvalue weighted by Crippen LogP contribution is -2.50. The molecule has 0 radical (unpaired) electrons. The van der Waals surface area contributed by atoms with Crippen LogP contribution in [0.4, 0.5) is 0 Å². The van der Waals surface area contributed by atoms with Gasteiger partial charge in [0.2, 0.25) is 5.78 Å².